The minimum absolute atomic E-state index is 0.159. The molecule has 0 saturated carbocycles. The van der Waals surface area contributed by atoms with Gasteiger partial charge < -0.3 is 8.83 Å². The topological polar surface area (TPSA) is 50.1 Å². The molecule has 0 aliphatic carbocycles. The molecular weight excluding hydrogens is 178 g/mol. The molecule has 0 aliphatic heterocycles. The first kappa shape index (κ1) is 7.38. The lowest BCUT2D eigenvalue weighted by atomic mass is 10.2. The van der Waals surface area contributed by atoms with Gasteiger partial charge in [-0.05, 0) is 24.3 Å². The summed E-state index contributed by atoms with van der Waals surface area (Å²) in [5.74, 6) is 0. The molecular formula is C11H7NO2. The molecule has 3 aromatic rings. The van der Waals surface area contributed by atoms with E-state index in [0.717, 1.165) is 16.4 Å². The number of rotatable bonds is 0. The summed E-state index contributed by atoms with van der Waals surface area (Å²) in [7, 11) is 0. The fraction of sp³-hybridized carbons (Fsp3) is 0. The monoisotopic (exact) mass is 185 g/mol. The maximum absolute atomic E-state index is 7.41. The third-order valence-corrected chi connectivity index (χ3v) is 2.24. The molecule has 0 aliphatic rings. The molecule has 14 heavy (non-hydrogen) atoms. The van der Waals surface area contributed by atoms with Gasteiger partial charge in [0.2, 0.25) is 5.55 Å². The Balaban J connectivity index is 2.66. The Morgan fingerprint density at radius 1 is 1.00 bits per heavy atom. The normalized spacial score (nSPS) is 11.1. The van der Waals surface area contributed by atoms with Crippen LogP contribution in [-0.2, 0) is 0 Å². The van der Waals surface area contributed by atoms with E-state index in [1.54, 1.807) is 12.3 Å². The Kier molecular flexibility index (Phi) is 1.31. The van der Waals surface area contributed by atoms with Gasteiger partial charge in [0.15, 0.2) is 0 Å². The maximum Gasteiger partial charge on any atom is 0.211 e. The summed E-state index contributed by atoms with van der Waals surface area (Å²) in [5, 5.41) is 9.30. The largest absolute Gasteiger partial charge is 0.464 e. The summed E-state index contributed by atoms with van der Waals surface area (Å²) in [6, 6.07) is 9.17. The van der Waals surface area contributed by atoms with Crippen molar-refractivity contribution in [3.63, 3.8) is 0 Å². The predicted molar refractivity (Wildman–Crippen MR) is 51.8 cm³/mol. The van der Waals surface area contributed by atoms with Crippen LogP contribution in [0.5, 0.6) is 0 Å². The van der Waals surface area contributed by atoms with Gasteiger partial charge in [-0.2, -0.15) is 0 Å². The Bertz CT molecular complexity index is 663. The first-order chi connectivity index (χ1) is 6.84. The van der Waals surface area contributed by atoms with Gasteiger partial charge in [0.05, 0.1) is 11.6 Å². The van der Waals surface area contributed by atoms with Crippen LogP contribution in [-0.4, -0.2) is 0 Å². The molecule has 68 valence electrons. The van der Waals surface area contributed by atoms with Crippen LogP contribution in [0.25, 0.3) is 21.9 Å². The first-order valence-electron chi connectivity index (χ1n) is 4.29. The zero-order chi connectivity index (χ0) is 9.54. The van der Waals surface area contributed by atoms with Crippen LogP contribution in [0.2, 0.25) is 0 Å². The Hall–Kier alpha value is -2.03. The summed E-state index contributed by atoms with van der Waals surface area (Å²) in [5.41, 5.74) is 1.65. The number of hydrogen-bond acceptors (Lipinski definition) is 3. The van der Waals surface area contributed by atoms with Gasteiger partial charge in [-0.25, -0.2) is 0 Å². The minimum Gasteiger partial charge on any atom is -0.464 e. The summed E-state index contributed by atoms with van der Waals surface area (Å²) < 4.78 is 10.6. The molecule has 3 nitrogen and oxygen atoms in total. The smallest absolute Gasteiger partial charge is 0.211 e. The average Bonchev–Trinajstić information content (AvgIpc) is 2.65. The van der Waals surface area contributed by atoms with E-state index in [4.69, 9.17) is 14.2 Å². The van der Waals surface area contributed by atoms with Crippen molar-refractivity contribution in [2.75, 3.05) is 0 Å². The van der Waals surface area contributed by atoms with Gasteiger partial charge in [0.1, 0.15) is 11.2 Å². The van der Waals surface area contributed by atoms with Gasteiger partial charge in [-0.3, -0.25) is 5.41 Å². The maximum atomic E-state index is 7.41. The van der Waals surface area contributed by atoms with Crippen LogP contribution in [0.15, 0.2) is 45.4 Å². The summed E-state index contributed by atoms with van der Waals surface area (Å²) in [6.45, 7) is 0. The van der Waals surface area contributed by atoms with Gasteiger partial charge in [-0.15, -0.1) is 0 Å². The molecule has 1 aromatic carbocycles. The van der Waals surface area contributed by atoms with Crippen molar-refractivity contribution in [1.82, 2.24) is 0 Å². The van der Waals surface area contributed by atoms with Gasteiger partial charge >= 0.3 is 0 Å². The fourth-order valence-electron chi connectivity index (χ4n) is 1.59. The van der Waals surface area contributed by atoms with Crippen molar-refractivity contribution in [3.8, 4) is 0 Å². The molecule has 0 bridgehead atoms. The van der Waals surface area contributed by atoms with Crippen molar-refractivity contribution in [2.45, 2.75) is 0 Å². The van der Waals surface area contributed by atoms with Crippen molar-refractivity contribution in [3.05, 3.63) is 42.1 Å². The van der Waals surface area contributed by atoms with Crippen molar-refractivity contribution in [1.29, 1.82) is 5.41 Å². The lowest BCUT2D eigenvalue weighted by Gasteiger charge is -1.96. The standard InChI is InChI=1S/C11H7NO2/c12-10-4-2-7-1-3-9-8(5-6-13-9)11(7)14-10/h1-6,12H. The van der Waals surface area contributed by atoms with Gasteiger partial charge in [0.25, 0.3) is 0 Å². The molecule has 2 heterocycles. The second-order valence-corrected chi connectivity index (χ2v) is 3.12. The summed E-state index contributed by atoms with van der Waals surface area (Å²) in [6.07, 6.45) is 1.62. The number of benzene rings is 1. The van der Waals surface area contributed by atoms with E-state index in [0.29, 0.717) is 5.58 Å². The zero-order valence-electron chi connectivity index (χ0n) is 7.28. The molecule has 3 heteroatoms. The van der Waals surface area contributed by atoms with E-state index in [1.165, 1.54) is 0 Å². The van der Waals surface area contributed by atoms with Crippen LogP contribution in [0, 0.1) is 5.41 Å². The van der Waals surface area contributed by atoms with E-state index in [9.17, 15) is 0 Å². The van der Waals surface area contributed by atoms with Crippen LogP contribution in [0.4, 0.5) is 0 Å². The number of fused-ring (bicyclic) bond motifs is 3. The number of hydrogen-bond donors (Lipinski definition) is 1. The highest BCUT2D eigenvalue weighted by molar-refractivity contribution is 6.01. The zero-order valence-corrected chi connectivity index (χ0v) is 7.28. The first-order valence-corrected chi connectivity index (χ1v) is 4.29. The van der Waals surface area contributed by atoms with Crippen LogP contribution in [0.1, 0.15) is 0 Å². The molecule has 0 unspecified atom stereocenters. The third-order valence-electron chi connectivity index (χ3n) is 2.24. The number of nitrogens with one attached hydrogen (secondary N) is 1. The summed E-state index contributed by atoms with van der Waals surface area (Å²) >= 11 is 0. The van der Waals surface area contributed by atoms with Gasteiger partial charge in [-0.1, -0.05) is 0 Å². The molecule has 0 radical (unpaired) electrons. The highest BCUT2D eigenvalue weighted by atomic mass is 16.3. The van der Waals surface area contributed by atoms with Crippen molar-refractivity contribution >= 4 is 21.9 Å². The Labute approximate surface area is 79.1 Å². The second kappa shape index (κ2) is 2.48. The van der Waals surface area contributed by atoms with Crippen molar-refractivity contribution in [2.24, 2.45) is 0 Å². The Morgan fingerprint density at radius 3 is 2.79 bits per heavy atom. The van der Waals surface area contributed by atoms with E-state index in [1.807, 2.05) is 24.3 Å². The van der Waals surface area contributed by atoms with E-state index >= 15 is 0 Å². The number of furan rings is 1. The lowest BCUT2D eigenvalue weighted by Crippen LogP contribution is -1.94. The minimum atomic E-state index is 0.159. The van der Waals surface area contributed by atoms with Crippen LogP contribution < -0.4 is 5.55 Å². The van der Waals surface area contributed by atoms with E-state index < -0.39 is 0 Å². The second-order valence-electron chi connectivity index (χ2n) is 3.12. The van der Waals surface area contributed by atoms with E-state index in [2.05, 4.69) is 0 Å². The molecule has 0 spiro atoms. The predicted octanol–water partition coefficient (Wildman–Crippen LogP) is 2.66. The fourth-order valence-corrected chi connectivity index (χ4v) is 1.59. The average molecular weight is 185 g/mol. The van der Waals surface area contributed by atoms with Crippen molar-refractivity contribution < 1.29 is 8.83 Å². The molecule has 0 saturated heterocycles. The van der Waals surface area contributed by atoms with Crippen LogP contribution >= 0.6 is 0 Å². The molecule has 0 atom stereocenters. The van der Waals surface area contributed by atoms with Gasteiger partial charge in [0, 0.05) is 11.5 Å². The molecule has 3 rings (SSSR count). The SMILES string of the molecule is N=c1ccc2ccc3occc3c2o1. The highest BCUT2D eigenvalue weighted by Crippen LogP contribution is 2.24. The molecule has 0 fully saturated rings. The van der Waals surface area contributed by atoms with Crippen LogP contribution in [0.3, 0.4) is 0 Å². The Morgan fingerprint density at radius 2 is 1.86 bits per heavy atom. The molecule has 0 amide bonds. The molecule has 2 aromatic heterocycles. The highest BCUT2D eigenvalue weighted by Gasteiger charge is 2.03. The van der Waals surface area contributed by atoms with E-state index in [-0.39, 0.29) is 5.55 Å². The quantitative estimate of drug-likeness (QED) is 0.585. The molecule has 1 N–H and O–H groups in total. The lowest BCUT2D eigenvalue weighted by molar-refractivity contribution is 0.535. The summed E-state index contributed by atoms with van der Waals surface area (Å²) in [4.78, 5) is 0. The third kappa shape index (κ3) is 0.893.